The summed E-state index contributed by atoms with van der Waals surface area (Å²) in [4.78, 5) is 11.4. The summed E-state index contributed by atoms with van der Waals surface area (Å²) in [6.07, 6.45) is 5.31. The van der Waals surface area contributed by atoms with Gasteiger partial charge in [0, 0.05) is 23.5 Å². The molecule has 3 rings (SSSR count). The molecule has 2 aromatic rings. The lowest BCUT2D eigenvalue weighted by molar-refractivity contribution is 0.0974. The summed E-state index contributed by atoms with van der Waals surface area (Å²) >= 11 is 0. The molecule has 2 heteroatoms. The normalized spacial score (nSPS) is 13.2. The molecule has 1 aliphatic rings. The van der Waals surface area contributed by atoms with Crippen LogP contribution in [0.5, 0.6) is 0 Å². The first-order valence-corrected chi connectivity index (χ1v) is 4.85. The third kappa shape index (κ3) is 1.22. The van der Waals surface area contributed by atoms with E-state index in [2.05, 4.69) is 0 Å². The van der Waals surface area contributed by atoms with Crippen LogP contribution in [0.4, 0.5) is 0 Å². The summed E-state index contributed by atoms with van der Waals surface area (Å²) in [5.41, 5.74) is 3.18. The Labute approximate surface area is 87.5 Å². The highest BCUT2D eigenvalue weighted by Gasteiger charge is 2.14. The number of carbonyl (C=O) groups is 1. The van der Waals surface area contributed by atoms with Gasteiger partial charge in [-0.3, -0.25) is 9.36 Å². The van der Waals surface area contributed by atoms with Gasteiger partial charge < -0.3 is 0 Å². The molecule has 0 spiro atoms. The number of hydrogen-bond donors (Lipinski definition) is 0. The summed E-state index contributed by atoms with van der Waals surface area (Å²) in [6.45, 7) is 0. The minimum absolute atomic E-state index is 0.0344. The zero-order chi connectivity index (χ0) is 10.3. The van der Waals surface area contributed by atoms with Crippen LogP contribution in [0.15, 0.2) is 48.7 Å². The molecule has 0 unspecified atom stereocenters. The van der Waals surface area contributed by atoms with Crippen molar-refractivity contribution in [2.24, 2.45) is 0 Å². The van der Waals surface area contributed by atoms with Crippen LogP contribution < -0.4 is 0 Å². The Hall–Kier alpha value is -2.09. The first kappa shape index (κ1) is 8.24. The minimum Gasteiger partial charge on any atom is -0.284 e. The fraction of sp³-hybridized carbons (Fsp3) is 0. The van der Waals surface area contributed by atoms with Gasteiger partial charge in [-0.15, -0.1) is 0 Å². The highest BCUT2D eigenvalue weighted by atomic mass is 16.2. The van der Waals surface area contributed by atoms with Crippen LogP contribution in [0.3, 0.4) is 0 Å². The zero-order valence-corrected chi connectivity index (χ0v) is 8.05. The van der Waals surface area contributed by atoms with Gasteiger partial charge in [0.1, 0.15) is 0 Å². The lowest BCUT2D eigenvalue weighted by Gasteiger charge is -1.95. The number of fused-ring (bicyclic) bond motifs is 1. The number of allylic oxidation sites excluding steroid dienone is 1. The van der Waals surface area contributed by atoms with Crippen molar-refractivity contribution in [3.05, 3.63) is 54.4 Å². The largest absolute Gasteiger partial charge is 0.284 e. The fourth-order valence-electron chi connectivity index (χ4n) is 1.82. The third-order valence-electron chi connectivity index (χ3n) is 2.59. The van der Waals surface area contributed by atoms with Crippen molar-refractivity contribution in [3.8, 4) is 11.1 Å². The van der Waals surface area contributed by atoms with Gasteiger partial charge in [-0.05, 0) is 17.7 Å². The maximum Gasteiger partial charge on any atom is 0.255 e. The van der Waals surface area contributed by atoms with E-state index in [0.29, 0.717) is 0 Å². The van der Waals surface area contributed by atoms with Gasteiger partial charge in [-0.2, -0.15) is 0 Å². The molecular weight excluding hydrogens is 186 g/mol. The number of hydrogen-bond acceptors (Lipinski definition) is 1. The molecule has 1 aromatic heterocycles. The van der Waals surface area contributed by atoms with E-state index < -0.39 is 0 Å². The smallest absolute Gasteiger partial charge is 0.255 e. The van der Waals surface area contributed by atoms with Gasteiger partial charge in [0.25, 0.3) is 5.91 Å². The second-order valence-electron chi connectivity index (χ2n) is 3.56. The zero-order valence-electron chi connectivity index (χ0n) is 8.05. The molecule has 0 aliphatic carbocycles. The van der Waals surface area contributed by atoms with E-state index in [1.165, 1.54) is 0 Å². The Kier molecular flexibility index (Phi) is 1.62. The van der Waals surface area contributed by atoms with Gasteiger partial charge >= 0.3 is 0 Å². The Morgan fingerprint density at radius 3 is 2.47 bits per heavy atom. The maximum atomic E-state index is 11.4. The summed E-state index contributed by atoms with van der Waals surface area (Å²) in [6, 6.07) is 12.1. The van der Waals surface area contributed by atoms with E-state index in [0.717, 1.165) is 16.8 Å². The molecule has 0 N–H and O–H groups in total. The molecular formula is C13H9NO. The van der Waals surface area contributed by atoms with Gasteiger partial charge in [0.15, 0.2) is 0 Å². The van der Waals surface area contributed by atoms with E-state index in [4.69, 9.17) is 0 Å². The highest BCUT2D eigenvalue weighted by Crippen LogP contribution is 2.24. The van der Waals surface area contributed by atoms with E-state index in [-0.39, 0.29) is 5.91 Å². The average molecular weight is 195 g/mol. The van der Waals surface area contributed by atoms with Gasteiger partial charge in [0.2, 0.25) is 0 Å². The predicted molar refractivity (Wildman–Crippen MR) is 59.5 cm³/mol. The standard InChI is InChI=1S/C13H9NO/c15-13-7-6-12-8-11(9-14(12)13)10-4-2-1-3-5-10/h1-9H. The molecule has 0 amide bonds. The topological polar surface area (TPSA) is 22.0 Å². The monoisotopic (exact) mass is 195 g/mol. The molecule has 15 heavy (non-hydrogen) atoms. The predicted octanol–water partition coefficient (Wildman–Crippen LogP) is 2.82. The number of rotatable bonds is 1. The molecule has 1 aliphatic heterocycles. The Morgan fingerprint density at radius 1 is 0.933 bits per heavy atom. The molecule has 0 bridgehead atoms. The molecule has 0 atom stereocenters. The molecule has 0 saturated carbocycles. The van der Waals surface area contributed by atoms with E-state index in [9.17, 15) is 4.79 Å². The molecule has 2 nitrogen and oxygen atoms in total. The molecule has 0 saturated heterocycles. The fourth-order valence-corrected chi connectivity index (χ4v) is 1.82. The molecule has 0 fully saturated rings. The summed E-state index contributed by atoms with van der Waals surface area (Å²) in [5, 5.41) is 0. The van der Waals surface area contributed by atoms with Crippen molar-refractivity contribution >= 4 is 12.0 Å². The van der Waals surface area contributed by atoms with Crippen molar-refractivity contribution in [2.75, 3.05) is 0 Å². The molecule has 72 valence electrons. The van der Waals surface area contributed by atoms with Crippen molar-refractivity contribution in [2.45, 2.75) is 0 Å². The van der Waals surface area contributed by atoms with Gasteiger partial charge in [-0.1, -0.05) is 30.3 Å². The van der Waals surface area contributed by atoms with Crippen molar-refractivity contribution in [1.82, 2.24) is 4.57 Å². The number of nitrogens with zero attached hydrogens (tertiary/aromatic N) is 1. The van der Waals surface area contributed by atoms with Crippen molar-refractivity contribution in [3.63, 3.8) is 0 Å². The van der Waals surface area contributed by atoms with Crippen LogP contribution in [-0.4, -0.2) is 10.5 Å². The molecule has 2 heterocycles. The molecule has 0 radical (unpaired) electrons. The van der Waals surface area contributed by atoms with Crippen LogP contribution in [-0.2, 0) is 0 Å². The van der Waals surface area contributed by atoms with Crippen LogP contribution >= 0.6 is 0 Å². The Balaban J connectivity index is 2.13. The molecule has 1 aromatic carbocycles. The first-order valence-electron chi connectivity index (χ1n) is 4.85. The average Bonchev–Trinajstić information content (AvgIpc) is 2.83. The van der Waals surface area contributed by atoms with Gasteiger partial charge in [0.05, 0.1) is 0 Å². The second kappa shape index (κ2) is 2.95. The van der Waals surface area contributed by atoms with E-state index in [1.54, 1.807) is 10.6 Å². The van der Waals surface area contributed by atoms with E-state index >= 15 is 0 Å². The van der Waals surface area contributed by atoms with Crippen LogP contribution in [0, 0.1) is 0 Å². The number of carbonyl (C=O) groups excluding carboxylic acids is 1. The van der Waals surface area contributed by atoms with Gasteiger partial charge in [-0.25, -0.2) is 0 Å². The highest BCUT2D eigenvalue weighted by molar-refractivity contribution is 6.00. The maximum absolute atomic E-state index is 11.4. The number of benzene rings is 1. The van der Waals surface area contributed by atoms with Crippen molar-refractivity contribution in [1.29, 1.82) is 0 Å². The first-order chi connectivity index (χ1) is 7.34. The summed E-state index contributed by atoms with van der Waals surface area (Å²) in [5.74, 6) is 0.0344. The SMILES string of the molecule is O=C1C=Cc2cc(-c3ccccc3)cn21. The third-order valence-corrected chi connectivity index (χ3v) is 2.59. The minimum atomic E-state index is 0.0344. The van der Waals surface area contributed by atoms with Crippen molar-refractivity contribution < 1.29 is 4.79 Å². The van der Waals surface area contributed by atoms with Crippen LogP contribution in [0.1, 0.15) is 10.5 Å². The van der Waals surface area contributed by atoms with Crippen LogP contribution in [0.25, 0.3) is 17.2 Å². The Morgan fingerprint density at radius 2 is 1.73 bits per heavy atom. The summed E-state index contributed by atoms with van der Waals surface area (Å²) in [7, 11) is 0. The Bertz CT molecular complexity index is 549. The van der Waals surface area contributed by atoms with E-state index in [1.807, 2.05) is 48.7 Å². The summed E-state index contributed by atoms with van der Waals surface area (Å²) < 4.78 is 1.67. The quantitative estimate of drug-likeness (QED) is 0.685. The second-order valence-corrected chi connectivity index (χ2v) is 3.56. The van der Waals surface area contributed by atoms with Crippen LogP contribution in [0.2, 0.25) is 0 Å². The number of aromatic nitrogens is 1. The lowest BCUT2D eigenvalue weighted by Crippen LogP contribution is -2.00. The lowest BCUT2D eigenvalue weighted by atomic mass is 10.1.